The summed E-state index contributed by atoms with van der Waals surface area (Å²) in [6.07, 6.45) is 1.32. The molecule has 0 aromatic heterocycles. The number of cyclic esters (lactones) is 1. The van der Waals surface area contributed by atoms with E-state index in [0.717, 1.165) is 12.0 Å². The third-order valence-corrected chi connectivity index (χ3v) is 2.86. The highest BCUT2D eigenvalue weighted by Gasteiger charge is 2.38. The number of aryl methyl sites for hydroxylation is 1. The summed E-state index contributed by atoms with van der Waals surface area (Å²) >= 11 is 0. The van der Waals surface area contributed by atoms with Crippen molar-refractivity contribution in [3.05, 3.63) is 35.4 Å². The Morgan fingerprint density at radius 2 is 2.07 bits per heavy atom. The number of carbonyl (C=O) groups excluding carboxylic acids is 1. The lowest BCUT2D eigenvalue weighted by Gasteiger charge is -2.24. The first-order valence-electron chi connectivity index (χ1n) is 4.90. The smallest absolute Gasteiger partial charge is 0.306 e. The molecule has 2 rings (SSSR count). The predicted molar refractivity (Wildman–Crippen MR) is 53.9 cm³/mol. The molecule has 1 saturated heterocycles. The minimum atomic E-state index is -0.400. The van der Waals surface area contributed by atoms with Crippen LogP contribution in [0.3, 0.4) is 0 Å². The van der Waals surface area contributed by atoms with Crippen LogP contribution in [0, 0.1) is 6.92 Å². The highest BCUT2D eigenvalue weighted by Crippen LogP contribution is 2.37. The van der Waals surface area contributed by atoms with Gasteiger partial charge in [0.05, 0.1) is 0 Å². The zero-order chi connectivity index (χ0) is 10.2. The van der Waals surface area contributed by atoms with E-state index in [-0.39, 0.29) is 5.97 Å². The molecule has 0 radical (unpaired) electrons. The zero-order valence-corrected chi connectivity index (χ0v) is 8.54. The summed E-state index contributed by atoms with van der Waals surface area (Å²) in [6.45, 7) is 4.03. The van der Waals surface area contributed by atoms with Crippen molar-refractivity contribution in [3.8, 4) is 0 Å². The first-order chi connectivity index (χ1) is 6.62. The molecule has 1 aliphatic rings. The monoisotopic (exact) mass is 190 g/mol. The van der Waals surface area contributed by atoms with Crippen molar-refractivity contribution in [1.82, 2.24) is 0 Å². The van der Waals surface area contributed by atoms with Gasteiger partial charge in [-0.05, 0) is 25.0 Å². The van der Waals surface area contributed by atoms with Crippen LogP contribution in [-0.2, 0) is 15.1 Å². The fraction of sp³-hybridized carbons (Fsp3) is 0.417. The van der Waals surface area contributed by atoms with E-state index in [1.54, 1.807) is 0 Å². The van der Waals surface area contributed by atoms with Crippen LogP contribution in [-0.4, -0.2) is 5.97 Å². The van der Waals surface area contributed by atoms with Gasteiger partial charge in [0.15, 0.2) is 0 Å². The highest BCUT2D eigenvalue weighted by atomic mass is 16.6. The van der Waals surface area contributed by atoms with Gasteiger partial charge in [0.25, 0.3) is 0 Å². The summed E-state index contributed by atoms with van der Waals surface area (Å²) in [5.41, 5.74) is 1.91. The van der Waals surface area contributed by atoms with Crippen molar-refractivity contribution in [2.24, 2.45) is 0 Å². The average molecular weight is 190 g/mol. The molecular weight excluding hydrogens is 176 g/mol. The lowest BCUT2D eigenvalue weighted by Crippen LogP contribution is -2.21. The minimum Gasteiger partial charge on any atom is -0.454 e. The van der Waals surface area contributed by atoms with Crippen LogP contribution in [0.5, 0.6) is 0 Å². The lowest BCUT2D eigenvalue weighted by molar-refractivity contribution is -0.147. The van der Waals surface area contributed by atoms with Crippen LogP contribution in [0.1, 0.15) is 30.9 Å². The quantitative estimate of drug-likeness (QED) is 0.636. The minimum absolute atomic E-state index is 0.0873. The largest absolute Gasteiger partial charge is 0.454 e. The zero-order valence-electron chi connectivity index (χ0n) is 8.54. The summed E-state index contributed by atoms with van der Waals surface area (Å²) in [7, 11) is 0. The molecule has 2 heteroatoms. The summed E-state index contributed by atoms with van der Waals surface area (Å²) in [4.78, 5) is 11.1. The fourth-order valence-corrected chi connectivity index (χ4v) is 2.05. The topological polar surface area (TPSA) is 26.3 Å². The van der Waals surface area contributed by atoms with Crippen molar-refractivity contribution in [1.29, 1.82) is 0 Å². The average Bonchev–Trinajstić information content (AvgIpc) is 2.48. The van der Waals surface area contributed by atoms with Gasteiger partial charge >= 0.3 is 5.97 Å². The molecule has 1 heterocycles. The maximum atomic E-state index is 11.1. The Balaban J connectivity index is 2.40. The van der Waals surface area contributed by atoms with Gasteiger partial charge in [0.1, 0.15) is 5.60 Å². The van der Waals surface area contributed by atoms with Crippen LogP contribution in [0.4, 0.5) is 0 Å². The molecule has 0 aliphatic carbocycles. The van der Waals surface area contributed by atoms with Crippen molar-refractivity contribution < 1.29 is 9.53 Å². The predicted octanol–water partition coefficient (Wildman–Crippen LogP) is 2.55. The molecule has 2 nitrogen and oxygen atoms in total. The molecule has 0 amide bonds. The van der Waals surface area contributed by atoms with Gasteiger partial charge in [0, 0.05) is 12.8 Å². The standard InChI is InChI=1S/C12H14O2/c1-9-5-3-4-6-10(9)12(2)8-7-11(13)14-12/h3-6H,7-8H2,1-2H3/t12-/m1/s1. The van der Waals surface area contributed by atoms with E-state index in [4.69, 9.17) is 4.74 Å². The number of carbonyl (C=O) groups is 1. The van der Waals surface area contributed by atoms with E-state index in [2.05, 4.69) is 0 Å². The molecule has 0 spiro atoms. The van der Waals surface area contributed by atoms with Gasteiger partial charge < -0.3 is 4.74 Å². The van der Waals surface area contributed by atoms with E-state index in [1.165, 1.54) is 5.56 Å². The number of hydrogen-bond donors (Lipinski definition) is 0. The number of hydrogen-bond acceptors (Lipinski definition) is 2. The summed E-state index contributed by atoms with van der Waals surface area (Å²) < 4.78 is 5.38. The molecule has 1 fully saturated rings. The third-order valence-electron chi connectivity index (χ3n) is 2.86. The molecule has 0 saturated carbocycles. The van der Waals surface area contributed by atoms with Crippen molar-refractivity contribution in [2.75, 3.05) is 0 Å². The van der Waals surface area contributed by atoms with Crippen LogP contribution in [0.15, 0.2) is 24.3 Å². The fourth-order valence-electron chi connectivity index (χ4n) is 2.05. The van der Waals surface area contributed by atoms with Crippen LogP contribution < -0.4 is 0 Å². The summed E-state index contributed by atoms with van der Waals surface area (Å²) in [6, 6.07) is 8.07. The van der Waals surface area contributed by atoms with Gasteiger partial charge in [-0.25, -0.2) is 0 Å². The maximum absolute atomic E-state index is 11.1. The molecule has 74 valence electrons. The van der Waals surface area contributed by atoms with E-state index >= 15 is 0 Å². The van der Waals surface area contributed by atoms with Gasteiger partial charge in [-0.2, -0.15) is 0 Å². The van der Waals surface area contributed by atoms with Gasteiger partial charge in [-0.3, -0.25) is 4.79 Å². The molecule has 0 unspecified atom stereocenters. The number of benzene rings is 1. The molecule has 14 heavy (non-hydrogen) atoms. The summed E-state index contributed by atoms with van der Waals surface area (Å²) in [5.74, 6) is -0.0873. The summed E-state index contributed by atoms with van der Waals surface area (Å²) in [5, 5.41) is 0. The molecule has 1 aromatic rings. The van der Waals surface area contributed by atoms with Crippen LogP contribution in [0.2, 0.25) is 0 Å². The van der Waals surface area contributed by atoms with Gasteiger partial charge in [0.2, 0.25) is 0 Å². The van der Waals surface area contributed by atoms with Crippen molar-refractivity contribution in [2.45, 2.75) is 32.3 Å². The second-order valence-corrected chi connectivity index (χ2v) is 4.02. The Morgan fingerprint density at radius 1 is 1.36 bits per heavy atom. The first-order valence-corrected chi connectivity index (χ1v) is 4.90. The first kappa shape index (κ1) is 9.25. The molecular formula is C12H14O2. The van der Waals surface area contributed by atoms with Crippen LogP contribution >= 0.6 is 0 Å². The number of esters is 1. The van der Waals surface area contributed by atoms with E-state index in [9.17, 15) is 4.79 Å². The third kappa shape index (κ3) is 1.41. The Morgan fingerprint density at radius 3 is 2.64 bits per heavy atom. The molecule has 0 N–H and O–H groups in total. The Labute approximate surface area is 83.9 Å². The van der Waals surface area contributed by atoms with Gasteiger partial charge in [-0.1, -0.05) is 24.3 Å². The lowest BCUT2D eigenvalue weighted by atomic mass is 9.90. The highest BCUT2D eigenvalue weighted by molar-refractivity contribution is 5.72. The van der Waals surface area contributed by atoms with Crippen molar-refractivity contribution in [3.63, 3.8) is 0 Å². The molecule has 0 bridgehead atoms. The van der Waals surface area contributed by atoms with Crippen molar-refractivity contribution >= 4 is 5.97 Å². The van der Waals surface area contributed by atoms with Gasteiger partial charge in [-0.15, -0.1) is 0 Å². The second kappa shape index (κ2) is 3.12. The number of ether oxygens (including phenoxy) is 1. The molecule has 1 atom stereocenters. The van der Waals surface area contributed by atoms with E-state index in [1.807, 2.05) is 38.1 Å². The van der Waals surface area contributed by atoms with E-state index < -0.39 is 5.60 Å². The Hall–Kier alpha value is -1.31. The Bertz CT molecular complexity index is 370. The second-order valence-electron chi connectivity index (χ2n) is 4.02. The maximum Gasteiger partial charge on any atom is 0.306 e. The SMILES string of the molecule is Cc1ccccc1[C@@]1(C)CCC(=O)O1. The molecule has 1 aromatic carbocycles. The van der Waals surface area contributed by atoms with Crippen LogP contribution in [0.25, 0.3) is 0 Å². The normalized spacial score (nSPS) is 26.3. The number of rotatable bonds is 1. The molecule has 1 aliphatic heterocycles. The van der Waals surface area contributed by atoms with E-state index in [0.29, 0.717) is 6.42 Å². The Kier molecular flexibility index (Phi) is 2.06.